The van der Waals surface area contributed by atoms with Gasteiger partial charge in [-0.3, -0.25) is 4.40 Å². The van der Waals surface area contributed by atoms with E-state index in [4.69, 9.17) is 4.74 Å². The van der Waals surface area contributed by atoms with E-state index in [-0.39, 0.29) is 5.60 Å². The molecule has 0 radical (unpaired) electrons. The summed E-state index contributed by atoms with van der Waals surface area (Å²) in [5.74, 6) is 0. The largest absolute Gasteiger partial charge is 0.390 e. The summed E-state index contributed by atoms with van der Waals surface area (Å²) in [7, 11) is 1.71. The maximum Gasteiger partial charge on any atom is 0.193 e. The number of ether oxygens (including phenoxy) is 1. The Hall–Kier alpha value is -0.910. The van der Waals surface area contributed by atoms with Gasteiger partial charge in [-0.25, -0.2) is 4.98 Å². The zero-order valence-electron chi connectivity index (χ0n) is 10.5. The molecule has 0 amide bonds. The second-order valence-electron chi connectivity index (χ2n) is 5.02. The number of fused-ring (bicyclic) bond motifs is 1. The normalized spacial score (nSPS) is 20.6. The van der Waals surface area contributed by atoms with Gasteiger partial charge in [-0.15, -0.1) is 11.3 Å². The SMILES string of the molecule is COC1(C(O)Cc2cn3ccsc3n2)CCCC1. The lowest BCUT2D eigenvalue weighted by atomic mass is 9.91. The molecule has 1 N–H and O–H groups in total. The molecule has 1 aliphatic rings. The molecule has 18 heavy (non-hydrogen) atoms. The van der Waals surface area contributed by atoms with Crippen molar-refractivity contribution >= 4 is 16.3 Å². The number of thiazole rings is 1. The van der Waals surface area contributed by atoms with E-state index < -0.39 is 6.10 Å². The highest BCUT2D eigenvalue weighted by Gasteiger charge is 2.40. The number of aliphatic hydroxyl groups excluding tert-OH is 1. The predicted molar refractivity (Wildman–Crippen MR) is 71.0 cm³/mol. The summed E-state index contributed by atoms with van der Waals surface area (Å²) < 4.78 is 7.61. The molecule has 2 aromatic heterocycles. The minimum atomic E-state index is -0.463. The van der Waals surface area contributed by atoms with Crippen LogP contribution in [0.25, 0.3) is 4.96 Å². The van der Waals surface area contributed by atoms with Crippen LogP contribution >= 0.6 is 11.3 Å². The number of rotatable bonds is 4. The molecular formula is C13H18N2O2S. The van der Waals surface area contributed by atoms with Crippen LogP contribution in [0.1, 0.15) is 31.4 Å². The van der Waals surface area contributed by atoms with Crippen LogP contribution in [0.2, 0.25) is 0 Å². The molecule has 0 aliphatic heterocycles. The number of aromatic nitrogens is 2. The van der Waals surface area contributed by atoms with Crippen molar-refractivity contribution in [2.45, 2.75) is 43.8 Å². The van der Waals surface area contributed by atoms with Crippen molar-refractivity contribution in [3.05, 3.63) is 23.5 Å². The fourth-order valence-corrected chi connectivity index (χ4v) is 3.62. The lowest BCUT2D eigenvalue weighted by molar-refractivity contribution is -0.0973. The van der Waals surface area contributed by atoms with E-state index in [1.807, 2.05) is 22.2 Å². The standard InChI is InChI=1S/C13H18N2O2S/c1-17-13(4-2-3-5-13)11(16)8-10-9-15-6-7-18-12(15)14-10/h6-7,9,11,16H,2-5,8H2,1H3. The van der Waals surface area contributed by atoms with Gasteiger partial charge in [0.05, 0.1) is 17.4 Å². The Morgan fingerprint density at radius 1 is 1.56 bits per heavy atom. The highest BCUT2D eigenvalue weighted by molar-refractivity contribution is 7.15. The predicted octanol–water partition coefficient (Wildman–Crippen LogP) is 2.26. The molecule has 0 aromatic carbocycles. The van der Waals surface area contributed by atoms with Crippen LogP contribution < -0.4 is 0 Å². The number of imidazole rings is 1. The lowest BCUT2D eigenvalue weighted by Gasteiger charge is -2.32. The number of hydrogen-bond donors (Lipinski definition) is 1. The summed E-state index contributed by atoms with van der Waals surface area (Å²) in [5.41, 5.74) is 0.592. The maximum absolute atomic E-state index is 10.4. The summed E-state index contributed by atoms with van der Waals surface area (Å²) >= 11 is 1.61. The molecule has 2 heterocycles. The van der Waals surface area contributed by atoms with Gasteiger partial charge in [0.2, 0.25) is 0 Å². The first-order valence-electron chi connectivity index (χ1n) is 6.38. The maximum atomic E-state index is 10.4. The van der Waals surface area contributed by atoms with Crippen molar-refractivity contribution in [2.75, 3.05) is 7.11 Å². The second-order valence-corrected chi connectivity index (χ2v) is 5.89. The first-order valence-corrected chi connectivity index (χ1v) is 7.26. The summed E-state index contributed by atoms with van der Waals surface area (Å²) in [4.78, 5) is 5.50. The van der Waals surface area contributed by atoms with Gasteiger partial charge in [-0.1, -0.05) is 12.8 Å². The molecule has 3 rings (SSSR count). The Balaban J connectivity index is 1.77. The quantitative estimate of drug-likeness (QED) is 0.923. The van der Waals surface area contributed by atoms with Gasteiger partial charge in [0, 0.05) is 31.3 Å². The van der Waals surface area contributed by atoms with Crippen LogP contribution in [0.3, 0.4) is 0 Å². The van der Waals surface area contributed by atoms with Gasteiger partial charge >= 0.3 is 0 Å². The van der Waals surface area contributed by atoms with Crippen LogP contribution in [0, 0.1) is 0 Å². The van der Waals surface area contributed by atoms with Gasteiger partial charge in [0.25, 0.3) is 0 Å². The highest BCUT2D eigenvalue weighted by atomic mass is 32.1. The molecule has 1 unspecified atom stereocenters. The zero-order chi connectivity index (χ0) is 12.6. The molecule has 0 bridgehead atoms. The zero-order valence-corrected chi connectivity index (χ0v) is 11.3. The van der Waals surface area contributed by atoms with E-state index in [1.165, 1.54) is 0 Å². The number of hydrogen-bond acceptors (Lipinski definition) is 4. The van der Waals surface area contributed by atoms with Crippen molar-refractivity contribution in [2.24, 2.45) is 0 Å². The monoisotopic (exact) mass is 266 g/mol. The minimum absolute atomic E-state index is 0.350. The van der Waals surface area contributed by atoms with Crippen molar-refractivity contribution in [3.8, 4) is 0 Å². The Morgan fingerprint density at radius 3 is 3.00 bits per heavy atom. The third-order valence-electron chi connectivity index (χ3n) is 4.01. The fourth-order valence-electron chi connectivity index (χ4n) is 2.91. The van der Waals surface area contributed by atoms with Gasteiger partial charge in [0.1, 0.15) is 0 Å². The first-order chi connectivity index (χ1) is 8.73. The lowest BCUT2D eigenvalue weighted by Crippen LogP contribution is -2.42. The summed E-state index contributed by atoms with van der Waals surface area (Å²) in [6, 6.07) is 0. The minimum Gasteiger partial charge on any atom is -0.390 e. The van der Waals surface area contributed by atoms with Crippen LogP contribution in [-0.4, -0.2) is 33.3 Å². The molecule has 5 heteroatoms. The number of methoxy groups -OCH3 is 1. The Bertz CT molecular complexity index is 499. The van der Waals surface area contributed by atoms with Crippen LogP contribution in [-0.2, 0) is 11.2 Å². The van der Waals surface area contributed by atoms with Crippen LogP contribution in [0.4, 0.5) is 0 Å². The summed E-state index contributed by atoms with van der Waals surface area (Å²) in [6.07, 6.45) is 8.28. The van der Waals surface area contributed by atoms with E-state index in [0.717, 1.165) is 36.3 Å². The topological polar surface area (TPSA) is 46.8 Å². The molecule has 4 nitrogen and oxygen atoms in total. The number of nitrogens with zero attached hydrogens (tertiary/aromatic N) is 2. The third-order valence-corrected chi connectivity index (χ3v) is 4.78. The molecule has 0 saturated heterocycles. The van der Waals surface area contributed by atoms with Crippen molar-refractivity contribution in [1.29, 1.82) is 0 Å². The Morgan fingerprint density at radius 2 is 2.33 bits per heavy atom. The molecule has 1 aliphatic carbocycles. The van der Waals surface area contributed by atoms with Crippen molar-refractivity contribution in [1.82, 2.24) is 9.38 Å². The molecular weight excluding hydrogens is 248 g/mol. The molecule has 1 saturated carbocycles. The average molecular weight is 266 g/mol. The van der Waals surface area contributed by atoms with Gasteiger partial charge in [-0.2, -0.15) is 0 Å². The van der Waals surface area contributed by atoms with Crippen LogP contribution in [0.5, 0.6) is 0 Å². The molecule has 1 fully saturated rings. The van der Waals surface area contributed by atoms with Gasteiger partial charge in [0.15, 0.2) is 4.96 Å². The van der Waals surface area contributed by atoms with Gasteiger partial charge < -0.3 is 9.84 Å². The molecule has 0 spiro atoms. The summed E-state index contributed by atoms with van der Waals surface area (Å²) in [6.45, 7) is 0. The fraction of sp³-hybridized carbons (Fsp3) is 0.615. The Labute approximate surface area is 110 Å². The number of aliphatic hydroxyl groups is 1. The van der Waals surface area contributed by atoms with Crippen LogP contribution in [0.15, 0.2) is 17.8 Å². The third kappa shape index (κ3) is 1.96. The van der Waals surface area contributed by atoms with E-state index >= 15 is 0 Å². The average Bonchev–Trinajstić information content (AvgIpc) is 3.03. The Kier molecular flexibility index (Phi) is 3.13. The van der Waals surface area contributed by atoms with Crippen molar-refractivity contribution in [3.63, 3.8) is 0 Å². The second kappa shape index (κ2) is 4.64. The van der Waals surface area contributed by atoms with Crippen molar-refractivity contribution < 1.29 is 9.84 Å². The molecule has 1 atom stereocenters. The van der Waals surface area contributed by atoms with E-state index in [1.54, 1.807) is 18.4 Å². The smallest absolute Gasteiger partial charge is 0.193 e. The molecule has 98 valence electrons. The highest BCUT2D eigenvalue weighted by Crippen LogP contribution is 2.36. The van der Waals surface area contributed by atoms with Gasteiger partial charge in [-0.05, 0) is 12.8 Å². The summed E-state index contributed by atoms with van der Waals surface area (Å²) in [5, 5.41) is 12.5. The first kappa shape index (κ1) is 12.1. The van der Waals surface area contributed by atoms with E-state index in [0.29, 0.717) is 6.42 Å². The van der Waals surface area contributed by atoms with E-state index in [2.05, 4.69) is 4.98 Å². The molecule has 2 aromatic rings. The van der Waals surface area contributed by atoms with E-state index in [9.17, 15) is 5.11 Å².